The van der Waals surface area contributed by atoms with Crippen molar-refractivity contribution < 1.29 is 19.3 Å². The number of imidazole rings is 1. The molecule has 2 aliphatic rings. The number of benzene rings is 2. The Morgan fingerprint density at radius 1 is 1.17 bits per heavy atom. The number of ether oxygens (including phenoxy) is 3. The highest BCUT2D eigenvalue weighted by atomic mass is 35.5. The SMILES string of the molecule is CCO.Clc1ccc(C2(Cn3ccnc3)OCC(COc3ccc(N4CCNCC4)cc3)O2)c(Cl)c1. The van der Waals surface area contributed by atoms with Crippen LogP contribution in [-0.2, 0) is 21.8 Å². The first-order valence-corrected chi connectivity index (χ1v) is 12.8. The lowest BCUT2D eigenvalue weighted by Crippen LogP contribution is -2.43. The zero-order valence-electron chi connectivity index (χ0n) is 20.3. The number of hydrogen-bond donors (Lipinski definition) is 2. The van der Waals surface area contributed by atoms with Gasteiger partial charge in [0, 0.05) is 61.5 Å². The van der Waals surface area contributed by atoms with Gasteiger partial charge >= 0.3 is 0 Å². The normalized spacial score (nSPS) is 21.7. The molecule has 0 spiro atoms. The van der Waals surface area contributed by atoms with Gasteiger partial charge < -0.3 is 34.1 Å². The van der Waals surface area contributed by atoms with Crippen LogP contribution in [-0.4, -0.2) is 66.8 Å². The van der Waals surface area contributed by atoms with E-state index in [0.29, 0.717) is 29.8 Å². The number of halogens is 2. The first-order valence-electron chi connectivity index (χ1n) is 12.1. The second kappa shape index (κ2) is 12.8. The van der Waals surface area contributed by atoms with Crippen molar-refractivity contribution in [1.82, 2.24) is 14.9 Å². The van der Waals surface area contributed by atoms with Crippen molar-refractivity contribution in [1.29, 1.82) is 0 Å². The average Bonchev–Trinajstić information content (AvgIpc) is 3.55. The lowest BCUT2D eigenvalue weighted by molar-refractivity contribution is -0.189. The van der Waals surface area contributed by atoms with Gasteiger partial charge in [0.05, 0.1) is 24.5 Å². The number of nitrogens with one attached hydrogen (secondary N) is 1. The topological polar surface area (TPSA) is 81.0 Å². The van der Waals surface area contributed by atoms with E-state index in [9.17, 15) is 0 Å². The molecule has 2 aliphatic heterocycles. The Kier molecular flexibility index (Phi) is 9.47. The van der Waals surface area contributed by atoms with Gasteiger partial charge in [0.2, 0.25) is 5.79 Å². The molecule has 36 heavy (non-hydrogen) atoms. The monoisotopic (exact) mass is 534 g/mol. The van der Waals surface area contributed by atoms with Crippen LogP contribution in [0.2, 0.25) is 10.0 Å². The van der Waals surface area contributed by atoms with Crippen molar-refractivity contribution in [3.63, 3.8) is 0 Å². The number of rotatable bonds is 7. The third-order valence-corrected chi connectivity index (χ3v) is 6.45. The maximum absolute atomic E-state index is 7.57. The molecule has 2 N–H and O–H groups in total. The van der Waals surface area contributed by atoms with Gasteiger partial charge in [0.15, 0.2) is 0 Å². The van der Waals surface area contributed by atoms with Crippen LogP contribution >= 0.6 is 23.2 Å². The predicted molar refractivity (Wildman–Crippen MR) is 141 cm³/mol. The summed E-state index contributed by atoms with van der Waals surface area (Å²) in [6, 6.07) is 13.5. The molecule has 3 aromatic rings. The summed E-state index contributed by atoms with van der Waals surface area (Å²) in [6.45, 7) is 7.13. The minimum Gasteiger partial charge on any atom is -0.491 e. The van der Waals surface area contributed by atoms with Gasteiger partial charge in [0.25, 0.3) is 0 Å². The summed E-state index contributed by atoms with van der Waals surface area (Å²) < 4.78 is 20.6. The molecule has 3 heterocycles. The molecular formula is C26H32Cl2N4O4. The molecule has 5 rings (SSSR count). The molecule has 0 bridgehead atoms. The minimum absolute atomic E-state index is 0.250. The van der Waals surface area contributed by atoms with Crippen molar-refractivity contribution in [2.24, 2.45) is 0 Å². The molecule has 0 saturated carbocycles. The summed E-state index contributed by atoms with van der Waals surface area (Å²) in [6.07, 6.45) is 5.05. The van der Waals surface area contributed by atoms with E-state index in [1.165, 1.54) is 5.69 Å². The van der Waals surface area contributed by atoms with Gasteiger partial charge in [-0.15, -0.1) is 0 Å². The Labute approximate surface area is 221 Å². The summed E-state index contributed by atoms with van der Waals surface area (Å²) in [4.78, 5) is 6.50. The Balaban J connectivity index is 0.000000967. The fourth-order valence-electron chi connectivity index (χ4n) is 4.24. The number of anilines is 1. The third kappa shape index (κ3) is 6.70. The van der Waals surface area contributed by atoms with Crippen LogP contribution in [0.15, 0.2) is 61.2 Å². The van der Waals surface area contributed by atoms with Crippen LogP contribution in [0.25, 0.3) is 0 Å². The van der Waals surface area contributed by atoms with Crippen molar-refractivity contribution >= 4 is 28.9 Å². The van der Waals surface area contributed by atoms with Gasteiger partial charge in [-0.25, -0.2) is 4.98 Å². The van der Waals surface area contributed by atoms with E-state index in [2.05, 4.69) is 27.3 Å². The Bertz CT molecular complexity index is 1080. The van der Waals surface area contributed by atoms with E-state index >= 15 is 0 Å². The highest BCUT2D eigenvalue weighted by Gasteiger charge is 2.45. The summed E-state index contributed by atoms with van der Waals surface area (Å²) in [5, 5.41) is 12.0. The molecule has 0 aliphatic carbocycles. The molecule has 1 aromatic heterocycles. The summed E-state index contributed by atoms with van der Waals surface area (Å²) in [7, 11) is 0. The smallest absolute Gasteiger partial charge is 0.215 e. The fraction of sp³-hybridized carbons (Fsp3) is 0.423. The quantitative estimate of drug-likeness (QED) is 0.475. The summed E-state index contributed by atoms with van der Waals surface area (Å²) in [5.41, 5.74) is 1.94. The van der Waals surface area contributed by atoms with E-state index in [1.54, 1.807) is 31.6 Å². The molecule has 0 amide bonds. The first-order chi connectivity index (χ1) is 17.5. The van der Waals surface area contributed by atoms with Crippen LogP contribution in [0, 0.1) is 0 Å². The molecule has 194 valence electrons. The second-order valence-electron chi connectivity index (χ2n) is 8.52. The summed E-state index contributed by atoms with van der Waals surface area (Å²) >= 11 is 12.6. The maximum Gasteiger partial charge on any atom is 0.215 e. The molecular weight excluding hydrogens is 503 g/mol. The predicted octanol–water partition coefficient (Wildman–Crippen LogP) is 3.95. The van der Waals surface area contributed by atoms with Gasteiger partial charge in [-0.1, -0.05) is 29.3 Å². The number of aliphatic hydroxyl groups is 1. The Morgan fingerprint density at radius 2 is 1.92 bits per heavy atom. The zero-order chi connectivity index (χ0) is 25.4. The lowest BCUT2D eigenvalue weighted by atomic mass is 10.1. The fourth-order valence-corrected chi connectivity index (χ4v) is 4.79. The van der Waals surface area contributed by atoms with E-state index in [0.717, 1.165) is 37.5 Å². The van der Waals surface area contributed by atoms with E-state index in [1.807, 2.05) is 29.0 Å². The van der Waals surface area contributed by atoms with Crippen molar-refractivity contribution in [3.8, 4) is 5.75 Å². The van der Waals surface area contributed by atoms with Crippen molar-refractivity contribution in [2.75, 3.05) is 50.9 Å². The molecule has 2 atom stereocenters. The number of aliphatic hydroxyl groups excluding tert-OH is 1. The van der Waals surface area contributed by atoms with Gasteiger partial charge in [-0.3, -0.25) is 0 Å². The highest BCUT2D eigenvalue weighted by Crippen LogP contribution is 2.40. The van der Waals surface area contributed by atoms with E-state index < -0.39 is 5.79 Å². The summed E-state index contributed by atoms with van der Waals surface area (Å²) in [5.74, 6) is -0.253. The average molecular weight is 535 g/mol. The Hall–Kier alpha value is -2.33. The van der Waals surface area contributed by atoms with Crippen LogP contribution in [0.5, 0.6) is 5.75 Å². The van der Waals surface area contributed by atoms with Gasteiger partial charge in [0.1, 0.15) is 18.5 Å². The van der Waals surface area contributed by atoms with E-state index in [-0.39, 0.29) is 12.7 Å². The third-order valence-electron chi connectivity index (χ3n) is 5.91. The van der Waals surface area contributed by atoms with Crippen LogP contribution in [0.4, 0.5) is 5.69 Å². The first kappa shape index (κ1) is 26.7. The number of aromatic nitrogens is 2. The van der Waals surface area contributed by atoms with Crippen molar-refractivity contribution in [3.05, 3.63) is 76.8 Å². The van der Waals surface area contributed by atoms with Crippen LogP contribution in [0.3, 0.4) is 0 Å². The maximum atomic E-state index is 7.57. The number of nitrogens with zero attached hydrogens (tertiary/aromatic N) is 3. The molecule has 0 radical (unpaired) electrons. The largest absolute Gasteiger partial charge is 0.491 e. The van der Waals surface area contributed by atoms with Crippen molar-refractivity contribution in [2.45, 2.75) is 25.4 Å². The lowest BCUT2D eigenvalue weighted by Gasteiger charge is -2.30. The molecule has 2 saturated heterocycles. The number of hydrogen-bond acceptors (Lipinski definition) is 7. The second-order valence-corrected chi connectivity index (χ2v) is 9.36. The zero-order valence-corrected chi connectivity index (χ0v) is 21.8. The minimum atomic E-state index is -1.05. The van der Waals surface area contributed by atoms with E-state index in [4.69, 9.17) is 42.5 Å². The highest BCUT2D eigenvalue weighted by molar-refractivity contribution is 6.35. The molecule has 2 unspecified atom stereocenters. The molecule has 8 nitrogen and oxygen atoms in total. The van der Waals surface area contributed by atoms with Crippen LogP contribution in [0.1, 0.15) is 12.5 Å². The molecule has 2 aromatic carbocycles. The Morgan fingerprint density at radius 3 is 2.58 bits per heavy atom. The number of piperazine rings is 1. The van der Waals surface area contributed by atoms with Gasteiger partial charge in [-0.2, -0.15) is 0 Å². The van der Waals surface area contributed by atoms with Gasteiger partial charge in [-0.05, 0) is 43.3 Å². The standard InChI is InChI=1S/C24H26Cl2N4O3.C2H6O/c25-18-1-6-22(23(26)13-18)24(16-29-10-7-28-17-29)32-15-21(33-24)14-31-20-4-2-19(3-5-20)30-11-8-27-9-12-30;1-2-3/h1-7,10,13,17,21,27H,8-9,11-12,14-16H2;3H,2H2,1H3. The van der Waals surface area contributed by atoms with Crippen LogP contribution < -0.4 is 15.0 Å². The molecule has 2 fully saturated rings. The molecule has 10 heteroatoms.